The van der Waals surface area contributed by atoms with Crippen LogP contribution >= 0.6 is 27.5 Å². The molecule has 2 rings (SSSR count). The highest BCUT2D eigenvalue weighted by molar-refractivity contribution is 9.10. The lowest BCUT2D eigenvalue weighted by molar-refractivity contribution is 0.479. The molecule has 2 aromatic carbocycles. The van der Waals surface area contributed by atoms with Crippen LogP contribution in [0.3, 0.4) is 0 Å². The zero-order valence-corrected chi connectivity index (χ0v) is 13.1. The second-order valence-electron chi connectivity index (χ2n) is 4.26. The molecule has 0 amide bonds. The summed E-state index contributed by atoms with van der Waals surface area (Å²) in [7, 11) is 1.94. The SMILES string of the molecule is CNC(C)c1ccc(Oc2cccc(Cl)c2)c(Br)c1. The molecule has 0 fully saturated rings. The molecule has 0 spiro atoms. The summed E-state index contributed by atoms with van der Waals surface area (Å²) in [6.45, 7) is 2.11. The van der Waals surface area contributed by atoms with Crippen molar-refractivity contribution < 1.29 is 4.74 Å². The summed E-state index contributed by atoms with van der Waals surface area (Å²) in [4.78, 5) is 0. The predicted molar refractivity (Wildman–Crippen MR) is 83.1 cm³/mol. The monoisotopic (exact) mass is 339 g/mol. The fraction of sp³-hybridized carbons (Fsp3) is 0.200. The maximum atomic E-state index is 5.94. The van der Waals surface area contributed by atoms with Crippen molar-refractivity contribution in [3.05, 3.63) is 57.5 Å². The van der Waals surface area contributed by atoms with Gasteiger partial charge in [-0.05, 0) is 65.8 Å². The molecule has 0 aliphatic carbocycles. The van der Waals surface area contributed by atoms with Gasteiger partial charge in [0.25, 0.3) is 0 Å². The van der Waals surface area contributed by atoms with Crippen LogP contribution < -0.4 is 10.1 Å². The van der Waals surface area contributed by atoms with E-state index in [1.165, 1.54) is 5.56 Å². The molecule has 0 aliphatic rings. The molecule has 0 aromatic heterocycles. The van der Waals surface area contributed by atoms with E-state index >= 15 is 0 Å². The molecule has 0 aliphatic heterocycles. The van der Waals surface area contributed by atoms with E-state index in [4.69, 9.17) is 16.3 Å². The highest BCUT2D eigenvalue weighted by atomic mass is 79.9. The topological polar surface area (TPSA) is 21.3 Å². The Balaban J connectivity index is 2.22. The van der Waals surface area contributed by atoms with Crippen LogP contribution in [-0.2, 0) is 0 Å². The van der Waals surface area contributed by atoms with Crippen molar-refractivity contribution in [2.24, 2.45) is 0 Å². The molecule has 1 unspecified atom stereocenters. The molecule has 0 saturated heterocycles. The van der Waals surface area contributed by atoms with Crippen LogP contribution in [0.4, 0.5) is 0 Å². The average molecular weight is 341 g/mol. The highest BCUT2D eigenvalue weighted by Crippen LogP contribution is 2.32. The van der Waals surface area contributed by atoms with E-state index in [9.17, 15) is 0 Å². The average Bonchev–Trinajstić information content (AvgIpc) is 2.40. The molecule has 100 valence electrons. The summed E-state index contributed by atoms with van der Waals surface area (Å²) in [5.41, 5.74) is 1.20. The van der Waals surface area contributed by atoms with Gasteiger partial charge < -0.3 is 10.1 Å². The number of halogens is 2. The van der Waals surface area contributed by atoms with Crippen LogP contribution in [0.1, 0.15) is 18.5 Å². The molecule has 2 nitrogen and oxygen atoms in total. The van der Waals surface area contributed by atoms with Gasteiger partial charge in [-0.3, -0.25) is 0 Å². The molecular formula is C15H15BrClNO. The van der Waals surface area contributed by atoms with Gasteiger partial charge in [-0.15, -0.1) is 0 Å². The number of hydrogen-bond donors (Lipinski definition) is 1. The molecule has 2 aromatic rings. The van der Waals surface area contributed by atoms with Crippen molar-refractivity contribution in [3.8, 4) is 11.5 Å². The van der Waals surface area contributed by atoms with E-state index in [0.29, 0.717) is 11.1 Å². The largest absolute Gasteiger partial charge is 0.456 e. The van der Waals surface area contributed by atoms with Crippen LogP contribution in [-0.4, -0.2) is 7.05 Å². The molecule has 1 atom stereocenters. The standard InChI is InChI=1S/C15H15BrClNO/c1-10(18-2)11-6-7-15(14(16)8-11)19-13-5-3-4-12(17)9-13/h3-10,18H,1-2H3. The lowest BCUT2D eigenvalue weighted by Crippen LogP contribution is -2.12. The van der Waals surface area contributed by atoms with Gasteiger partial charge in [-0.25, -0.2) is 0 Å². The van der Waals surface area contributed by atoms with Crippen molar-refractivity contribution in [2.75, 3.05) is 7.05 Å². The Hall–Kier alpha value is -1.03. The minimum atomic E-state index is 0.302. The van der Waals surface area contributed by atoms with E-state index in [1.807, 2.05) is 37.4 Å². The van der Waals surface area contributed by atoms with Crippen molar-refractivity contribution in [2.45, 2.75) is 13.0 Å². The summed E-state index contributed by atoms with van der Waals surface area (Å²) >= 11 is 9.47. The first-order valence-corrected chi connectivity index (χ1v) is 7.17. The molecule has 1 N–H and O–H groups in total. The van der Waals surface area contributed by atoms with Crippen LogP contribution in [0.5, 0.6) is 11.5 Å². The molecule has 19 heavy (non-hydrogen) atoms. The minimum Gasteiger partial charge on any atom is -0.456 e. The third-order valence-electron chi connectivity index (χ3n) is 2.91. The third kappa shape index (κ3) is 3.72. The number of ether oxygens (including phenoxy) is 1. The molecule has 0 radical (unpaired) electrons. The summed E-state index contributed by atoms with van der Waals surface area (Å²) in [6.07, 6.45) is 0. The smallest absolute Gasteiger partial charge is 0.141 e. The molecule has 0 saturated carbocycles. The van der Waals surface area contributed by atoms with E-state index < -0.39 is 0 Å². The Morgan fingerprint density at radius 2 is 2.00 bits per heavy atom. The van der Waals surface area contributed by atoms with E-state index in [2.05, 4.69) is 34.2 Å². The zero-order valence-electron chi connectivity index (χ0n) is 10.8. The predicted octanol–water partition coefficient (Wildman–Crippen LogP) is 5.18. The Morgan fingerprint density at radius 3 is 2.63 bits per heavy atom. The van der Waals surface area contributed by atoms with Gasteiger partial charge in [0.15, 0.2) is 0 Å². The number of rotatable bonds is 4. The van der Waals surface area contributed by atoms with Gasteiger partial charge in [-0.1, -0.05) is 23.7 Å². The van der Waals surface area contributed by atoms with Gasteiger partial charge in [0.1, 0.15) is 11.5 Å². The number of benzene rings is 2. The third-order valence-corrected chi connectivity index (χ3v) is 3.77. The Morgan fingerprint density at radius 1 is 1.21 bits per heavy atom. The maximum absolute atomic E-state index is 5.94. The highest BCUT2D eigenvalue weighted by Gasteiger charge is 2.08. The quantitative estimate of drug-likeness (QED) is 0.828. The second-order valence-corrected chi connectivity index (χ2v) is 5.55. The Labute approximate surface area is 126 Å². The molecule has 4 heteroatoms. The summed E-state index contributed by atoms with van der Waals surface area (Å²) in [5.74, 6) is 1.50. The zero-order chi connectivity index (χ0) is 13.8. The van der Waals surface area contributed by atoms with Gasteiger partial charge >= 0.3 is 0 Å². The first-order chi connectivity index (χ1) is 9.10. The van der Waals surface area contributed by atoms with Crippen LogP contribution in [0.2, 0.25) is 5.02 Å². The minimum absolute atomic E-state index is 0.302. The molecular weight excluding hydrogens is 326 g/mol. The first-order valence-electron chi connectivity index (χ1n) is 6.00. The summed E-state index contributed by atoms with van der Waals surface area (Å²) < 4.78 is 6.73. The second kappa shape index (κ2) is 6.42. The van der Waals surface area contributed by atoms with Crippen LogP contribution in [0.15, 0.2) is 46.9 Å². The van der Waals surface area contributed by atoms with Gasteiger partial charge in [0.2, 0.25) is 0 Å². The fourth-order valence-electron chi connectivity index (χ4n) is 1.69. The van der Waals surface area contributed by atoms with Crippen LogP contribution in [0.25, 0.3) is 0 Å². The van der Waals surface area contributed by atoms with E-state index in [0.717, 1.165) is 16.0 Å². The Kier molecular flexibility index (Phi) is 4.86. The first kappa shape index (κ1) is 14.4. The lowest BCUT2D eigenvalue weighted by Gasteiger charge is -2.13. The number of nitrogens with one attached hydrogen (secondary N) is 1. The normalized spacial score (nSPS) is 12.2. The fourth-order valence-corrected chi connectivity index (χ4v) is 2.35. The van der Waals surface area contributed by atoms with Crippen molar-refractivity contribution in [3.63, 3.8) is 0 Å². The summed E-state index contributed by atoms with van der Waals surface area (Å²) in [5, 5.41) is 3.87. The van der Waals surface area contributed by atoms with E-state index in [-0.39, 0.29) is 0 Å². The lowest BCUT2D eigenvalue weighted by atomic mass is 10.1. The van der Waals surface area contributed by atoms with Crippen LogP contribution in [0, 0.1) is 0 Å². The maximum Gasteiger partial charge on any atom is 0.141 e. The Bertz CT molecular complexity index is 574. The van der Waals surface area contributed by atoms with Crippen molar-refractivity contribution in [1.82, 2.24) is 5.32 Å². The van der Waals surface area contributed by atoms with Crippen molar-refractivity contribution in [1.29, 1.82) is 0 Å². The molecule has 0 heterocycles. The van der Waals surface area contributed by atoms with Crippen molar-refractivity contribution >= 4 is 27.5 Å². The van der Waals surface area contributed by atoms with Gasteiger partial charge in [0, 0.05) is 11.1 Å². The van der Waals surface area contributed by atoms with Gasteiger partial charge in [-0.2, -0.15) is 0 Å². The van der Waals surface area contributed by atoms with Gasteiger partial charge in [0.05, 0.1) is 4.47 Å². The summed E-state index contributed by atoms with van der Waals surface area (Å²) in [6, 6.07) is 13.7. The molecule has 0 bridgehead atoms. The van der Waals surface area contributed by atoms with E-state index in [1.54, 1.807) is 6.07 Å². The number of hydrogen-bond acceptors (Lipinski definition) is 2.